The molecule has 1 aromatic heterocycles. The van der Waals surface area contributed by atoms with Gasteiger partial charge in [0, 0.05) is 13.0 Å². The molecule has 1 unspecified atom stereocenters. The average molecular weight is 379 g/mol. The van der Waals surface area contributed by atoms with Crippen molar-refractivity contribution in [2.45, 2.75) is 25.4 Å². The van der Waals surface area contributed by atoms with E-state index in [1.807, 2.05) is 0 Å². The van der Waals surface area contributed by atoms with Gasteiger partial charge in [0.1, 0.15) is 17.7 Å². The van der Waals surface area contributed by atoms with Crippen LogP contribution in [0.1, 0.15) is 39.1 Å². The molecule has 28 heavy (non-hydrogen) atoms. The molecule has 2 aromatic rings. The zero-order valence-electron chi connectivity index (χ0n) is 14.8. The summed E-state index contributed by atoms with van der Waals surface area (Å²) in [5.41, 5.74) is 6.92. The molecule has 9 nitrogen and oxygen atoms in total. The lowest BCUT2D eigenvalue weighted by Crippen LogP contribution is -2.54. The van der Waals surface area contributed by atoms with Crippen molar-refractivity contribution in [3.63, 3.8) is 0 Å². The van der Waals surface area contributed by atoms with Crippen molar-refractivity contribution in [2.24, 2.45) is 0 Å². The molecule has 9 heteroatoms. The maximum Gasteiger partial charge on any atom is 0.262 e. The first-order valence-corrected chi connectivity index (χ1v) is 8.75. The highest BCUT2D eigenvalue weighted by molar-refractivity contribution is 6.23. The SMILES string of the molecule is Nc1cccc(NCc2ccc3c(c2)C(=O)N(C2CCC(=O)NC2=O)C3=O)n1. The number of nitrogens with one attached hydrogen (secondary N) is 2. The molecule has 3 heterocycles. The van der Waals surface area contributed by atoms with Crippen LogP contribution in [0.5, 0.6) is 0 Å². The van der Waals surface area contributed by atoms with Gasteiger partial charge in [-0.05, 0) is 36.2 Å². The van der Waals surface area contributed by atoms with Gasteiger partial charge < -0.3 is 11.1 Å². The Balaban J connectivity index is 1.54. The first-order valence-electron chi connectivity index (χ1n) is 8.75. The van der Waals surface area contributed by atoms with Crippen LogP contribution in [0.25, 0.3) is 0 Å². The van der Waals surface area contributed by atoms with Crippen molar-refractivity contribution < 1.29 is 19.2 Å². The molecule has 0 bridgehead atoms. The number of nitrogens with two attached hydrogens (primary N) is 1. The second-order valence-electron chi connectivity index (χ2n) is 6.63. The van der Waals surface area contributed by atoms with Crippen LogP contribution in [0, 0.1) is 0 Å². The van der Waals surface area contributed by atoms with Gasteiger partial charge in [-0.15, -0.1) is 0 Å². The first kappa shape index (κ1) is 17.7. The van der Waals surface area contributed by atoms with Gasteiger partial charge in [0.2, 0.25) is 11.8 Å². The molecule has 0 spiro atoms. The minimum Gasteiger partial charge on any atom is -0.384 e. The molecule has 0 radical (unpaired) electrons. The van der Waals surface area contributed by atoms with E-state index >= 15 is 0 Å². The molecule has 0 aliphatic carbocycles. The van der Waals surface area contributed by atoms with Crippen LogP contribution in [0.15, 0.2) is 36.4 Å². The molecule has 1 aromatic carbocycles. The predicted molar refractivity (Wildman–Crippen MR) is 99.1 cm³/mol. The topological polar surface area (TPSA) is 134 Å². The number of amides is 4. The highest BCUT2D eigenvalue weighted by atomic mass is 16.2. The van der Waals surface area contributed by atoms with Gasteiger partial charge in [-0.2, -0.15) is 0 Å². The fraction of sp³-hybridized carbons (Fsp3) is 0.211. The second-order valence-corrected chi connectivity index (χ2v) is 6.63. The molecule has 2 aliphatic heterocycles. The summed E-state index contributed by atoms with van der Waals surface area (Å²) in [7, 11) is 0. The average Bonchev–Trinajstić information content (AvgIpc) is 2.91. The smallest absolute Gasteiger partial charge is 0.262 e. The molecule has 142 valence electrons. The molecule has 4 amide bonds. The Morgan fingerprint density at radius 3 is 2.64 bits per heavy atom. The first-order chi connectivity index (χ1) is 13.4. The Bertz CT molecular complexity index is 1020. The molecule has 1 atom stereocenters. The summed E-state index contributed by atoms with van der Waals surface area (Å²) in [6.45, 7) is 0.379. The summed E-state index contributed by atoms with van der Waals surface area (Å²) < 4.78 is 0. The number of fused-ring (bicyclic) bond motifs is 1. The molecule has 0 saturated carbocycles. The van der Waals surface area contributed by atoms with Gasteiger partial charge in [-0.25, -0.2) is 4.98 Å². The fourth-order valence-electron chi connectivity index (χ4n) is 3.37. The maximum absolute atomic E-state index is 12.8. The highest BCUT2D eigenvalue weighted by Gasteiger charge is 2.44. The van der Waals surface area contributed by atoms with Gasteiger partial charge in [0.15, 0.2) is 0 Å². The van der Waals surface area contributed by atoms with E-state index < -0.39 is 29.7 Å². The van der Waals surface area contributed by atoms with Crippen LogP contribution in [-0.2, 0) is 16.1 Å². The number of anilines is 2. The summed E-state index contributed by atoms with van der Waals surface area (Å²) in [6.07, 6.45) is 0.220. The van der Waals surface area contributed by atoms with Crippen LogP contribution in [0.2, 0.25) is 0 Å². The third kappa shape index (κ3) is 3.07. The largest absolute Gasteiger partial charge is 0.384 e. The number of pyridine rings is 1. The van der Waals surface area contributed by atoms with Gasteiger partial charge in [0.05, 0.1) is 11.1 Å². The molecular weight excluding hydrogens is 362 g/mol. The van der Waals surface area contributed by atoms with E-state index in [0.717, 1.165) is 10.5 Å². The maximum atomic E-state index is 12.8. The van der Waals surface area contributed by atoms with Gasteiger partial charge in [0.25, 0.3) is 11.8 Å². The van der Waals surface area contributed by atoms with Crippen LogP contribution in [0.3, 0.4) is 0 Å². The number of piperidine rings is 1. The molecule has 4 N–H and O–H groups in total. The van der Waals surface area contributed by atoms with E-state index in [1.165, 1.54) is 0 Å². The minimum atomic E-state index is -0.969. The van der Waals surface area contributed by atoms with Gasteiger partial charge in [-0.3, -0.25) is 29.4 Å². The van der Waals surface area contributed by atoms with Crippen molar-refractivity contribution in [1.82, 2.24) is 15.2 Å². The standard InChI is InChI=1S/C19H17N5O4/c20-14-2-1-3-15(22-14)21-9-10-4-5-11-12(8-10)19(28)24(18(11)27)13-6-7-16(25)23-17(13)26/h1-5,8,13H,6-7,9H2,(H3,20,21,22)(H,23,25,26). The number of imide groups is 2. The highest BCUT2D eigenvalue weighted by Crippen LogP contribution is 2.28. The molecule has 1 saturated heterocycles. The monoisotopic (exact) mass is 379 g/mol. The number of nitrogen functional groups attached to an aromatic ring is 1. The van der Waals surface area contributed by atoms with Crippen LogP contribution in [-0.4, -0.2) is 39.6 Å². The van der Waals surface area contributed by atoms with E-state index in [9.17, 15) is 19.2 Å². The van der Waals surface area contributed by atoms with Crippen molar-refractivity contribution >= 4 is 35.3 Å². The zero-order chi connectivity index (χ0) is 19.8. The summed E-state index contributed by atoms with van der Waals surface area (Å²) >= 11 is 0. The van der Waals surface area contributed by atoms with E-state index in [2.05, 4.69) is 15.6 Å². The van der Waals surface area contributed by atoms with Crippen LogP contribution in [0.4, 0.5) is 11.6 Å². The Hall–Kier alpha value is -3.75. The van der Waals surface area contributed by atoms with Crippen LogP contribution < -0.4 is 16.4 Å². The van der Waals surface area contributed by atoms with E-state index in [4.69, 9.17) is 5.73 Å². The number of carbonyl (C=O) groups excluding carboxylic acids is 4. The predicted octanol–water partition coefficient (Wildman–Crippen LogP) is 0.677. The number of aromatic nitrogens is 1. The number of rotatable bonds is 4. The lowest BCUT2D eigenvalue weighted by atomic mass is 10.0. The van der Waals surface area contributed by atoms with Gasteiger partial charge in [-0.1, -0.05) is 12.1 Å². The number of benzene rings is 1. The normalized spacial score (nSPS) is 18.9. The van der Waals surface area contributed by atoms with Gasteiger partial charge >= 0.3 is 0 Å². The van der Waals surface area contributed by atoms with Crippen molar-refractivity contribution in [3.05, 3.63) is 53.1 Å². The summed E-state index contributed by atoms with van der Waals surface area (Å²) in [5, 5.41) is 5.28. The summed E-state index contributed by atoms with van der Waals surface area (Å²) in [4.78, 5) is 54.0. The Morgan fingerprint density at radius 1 is 1.11 bits per heavy atom. The Morgan fingerprint density at radius 2 is 1.89 bits per heavy atom. The lowest BCUT2D eigenvalue weighted by Gasteiger charge is -2.27. The van der Waals surface area contributed by atoms with Crippen LogP contribution >= 0.6 is 0 Å². The number of hydrogen-bond donors (Lipinski definition) is 3. The third-order valence-corrected chi connectivity index (χ3v) is 4.75. The number of nitrogens with zero attached hydrogens (tertiary/aromatic N) is 2. The third-order valence-electron chi connectivity index (χ3n) is 4.75. The minimum absolute atomic E-state index is 0.0895. The molecular formula is C19H17N5O4. The van der Waals surface area contributed by atoms with Crippen molar-refractivity contribution in [2.75, 3.05) is 11.1 Å². The lowest BCUT2D eigenvalue weighted by molar-refractivity contribution is -0.136. The quantitative estimate of drug-likeness (QED) is 0.665. The second kappa shape index (κ2) is 6.76. The number of hydrogen-bond acceptors (Lipinski definition) is 7. The molecule has 1 fully saturated rings. The number of carbonyl (C=O) groups is 4. The molecule has 4 rings (SSSR count). The molecule has 2 aliphatic rings. The van der Waals surface area contributed by atoms with E-state index in [0.29, 0.717) is 18.2 Å². The Kier molecular flexibility index (Phi) is 4.26. The Labute approximate surface area is 159 Å². The van der Waals surface area contributed by atoms with E-state index in [1.54, 1.807) is 36.4 Å². The van der Waals surface area contributed by atoms with Crippen molar-refractivity contribution in [1.29, 1.82) is 0 Å². The van der Waals surface area contributed by atoms with E-state index in [-0.39, 0.29) is 24.0 Å². The van der Waals surface area contributed by atoms with Crippen molar-refractivity contribution in [3.8, 4) is 0 Å². The summed E-state index contributed by atoms with van der Waals surface area (Å²) in [6, 6.07) is 9.18. The zero-order valence-corrected chi connectivity index (χ0v) is 14.8. The fourth-order valence-corrected chi connectivity index (χ4v) is 3.37. The summed E-state index contributed by atoms with van der Waals surface area (Å²) in [5.74, 6) is -1.10.